The van der Waals surface area contributed by atoms with Crippen LogP contribution in [0.4, 0.5) is 0 Å². The van der Waals surface area contributed by atoms with E-state index in [-0.39, 0.29) is 18.9 Å². The minimum Gasteiger partial charge on any atom is -0.461 e. The van der Waals surface area contributed by atoms with Crippen LogP contribution in [0.3, 0.4) is 0 Å². The summed E-state index contributed by atoms with van der Waals surface area (Å²) in [6, 6.07) is -1.06. The monoisotopic (exact) mass is 356 g/mol. The van der Waals surface area contributed by atoms with E-state index in [1.165, 1.54) is 6.92 Å². The van der Waals surface area contributed by atoms with Crippen molar-refractivity contribution in [3.63, 3.8) is 0 Å². The number of rotatable bonds is 9. The minimum absolute atomic E-state index is 0.00849. The van der Waals surface area contributed by atoms with Gasteiger partial charge in [-0.3, -0.25) is 14.4 Å². The summed E-state index contributed by atoms with van der Waals surface area (Å²) in [6.45, 7) is 9.69. The van der Waals surface area contributed by atoms with Gasteiger partial charge in [0.15, 0.2) is 11.9 Å². The van der Waals surface area contributed by atoms with E-state index in [4.69, 9.17) is 14.9 Å². The van der Waals surface area contributed by atoms with E-state index < -0.39 is 41.2 Å². The summed E-state index contributed by atoms with van der Waals surface area (Å²) in [5.74, 6) is -2.36. The second-order valence-corrected chi connectivity index (χ2v) is 6.99. The molecule has 1 amide bonds. The third kappa shape index (κ3) is 8.97. The number of ether oxygens (including phenoxy) is 2. The second kappa shape index (κ2) is 9.90. The van der Waals surface area contributed by atoms with Crippen LogP contribution in [-0.4, -0.2) is 48.1 Å². The Labute approximate surface area is 148 Å². The molecule has 142 valence electrons. The van der Waals surface area contributed by atoms with Crippen molar-refractivity contribution in [2.45, 2.75) is 72.6 Å². The van der Waals surface area contributed by atoms with Crippen LogP contribution >= 0.6 is 0 Å². The first-order valence-corrected chi connectivity index (χ1v) is 8.13. The Morgan fingerprint density at radius 2 is 1.64 bits per heavy atom. The lowest BCUT2D eigenvalue weighted by Gasteiger charge is -2.23. The van der Waals surface area contributed by atoms with Crippen molar-refractivity contribution in [1.82, 2.24) is 5.32 Å². The zero-order valence-electron chi connectivity index (χ0n) is 15.7. The maximum Gasteiger partial charge on any atom is 0.328 e. The van der Waals surface area contributed by atoms with Crippen LogP contribution < -0.4 is 5.32 Å². The van der Waals surface area contributed by atoms with Crippen molar-refractivity contribution < 1.29 is 28.7 Å². The molecule has 8 heteroatoms. The van der Waals surface area contributed by atoms with E-state index >= 15 is 0 Å². The van der Waals surface area contributed by atoms with Crippen molar-refractivity contribution in [2.24, 2.45) is 5.41 Å². The highest BCUT2D eigenvalue weighted by molar-refractivity contribution is 6.26. The molecule has 0 aromatic heterocycles. The van der Waals surface area contributed by atoms with Crippen molar-refractivity contribution in [3.8, 4) is 0 Å². The Kier molecular flexibility index (Phi) is 9.01. The second-order valence-electron chi connectivity index (χ2n) is 6.99. The third-order valence-corrected chi connectivity index (χ3v) is 3.06. The average molecular weight is 356 g/mol. The number of hydrogen-bond acceptors (Lipinski definition) is 7. The van der Waals surface area contributed by atoms with E-state index in [0.717, 1.165) is 0 Å². The summed E-state index contributed by atoms with van der Waals surface area (Å²) in [7, 11) is 0. The molecule has 0 heterocycles. The van der Waals surface area contributed by atoms with Gasteiger partial charge in [0, 0.05) is 6.42 Å². The van der Waals surface area contributed by atoms with Crippen LogP contribution in [0.25, 0.3) is 0 Å². The quantitative estimate of drug-likeness (QED) is 0.475. The minimum atomic E-state index is -1.10. The lowest BCUT2D eigenvalue weighted by molar-refractivity contribution is -0.163. The van der Waals surface area contributed by atoms with E-state index in [2.05, 4.69) is 5.32 Å². The summed E-state index contributed by atoms with van der Waals surface area (Å²) in [4.78, 5) is 47.4. The van der Waals surface area contributed by atoms with Crippen molar-refractivity contribution in [2.75, 3.05) is 0 Å². The Bertz CT molecular complexity index is 522. The van der Waals surface area contributed by atoms with E-state index in [0.29, 0.717) is 6.21 Å². The molecule has 8 nitrogen and oxygen atoms in total. The molecule has 0 aliphatic heterocycles. The molecule has 0 fully saturated rings. The summed E-state index contributed by atoms with van der Waals surface area (Å²) in [6.07, 6.45) is -0.926. The van der Waals surface area contributed by atoms with E-state index in [9.17, 15) is 19.2 Å². The van der Waals surface area contributed by atoms with Gasteiger partial charge < -0.3 is 20.2 Å². The molecule has 0 aromatic carbocycles. The van der Waals surface area contributed by atoms with Crippen LogP contribution in [-0.2, 0) is 28.7 Å². The normalized spacial score (nSPS) is 13.6. The topological polar surface area (TPSA) is 123 Å². The molecule has 0 saturated heterocycles. The van der Waals surface area contributed by atoms with Crippen LogP contribution in [0, 0.1) is 10.8 Å². The van der Waals surface area contributed by atoms with Gasteiger partial charge >= 0.3 is 11.9 Å². The molecule has 0 bridgehead atoms. The molecular weight excluding hydrogens is 328 g/mol. The van der Waals surface area contributed by atoms with Crippen LogP contribution in [0.1, 0.15) is 54.4 Å². The Morgan fingerprint density at radius 3 is 2.08 bits per heavy atom. The highest BCUT2D eigenvalue weighted by Crippen LogP contribution is 2.16. The summed E-state index contributed by atoms with van der Waals surface area (Å²) in [5, 5.41) is 9.32. The number of ketones is 1. The first kappa shape index (κ1) is 22.8. The van der Waals surface area contributed by atoms with Crippen LogP contribution in [0.2, 0.25) is 0 Å². The highest BCUT2D eigenvalue weighted by Gasteiger charge is 2.30. The summed E-state index contributed by atoms with van der Waals surface area (Å²) in [5.41, 5.74) is -0.763. The SMILES string of the molecule is CC(C)OC(=O)[C@H](CCC(=O)C=N)NC(=O)[C@H](C)OC(=O)C(C)(C)C. The van der Waals surface area contributed by atoms with Gasteiger partial charge in [-0.2, -0.15) is 0 Å². The molecule has 2 atom stereocenters. The molecule has 0 unspecified atom stereocenters. The number of carbonyl (C=O) groups excluding carboxylic acids is 4. The van der Waals surface area contributed by atoms with Crippen molar-refractivity contribution in [1.29, 1.82) is 5.41 Å². The average Bonchev–Trinajstić information content (AvgIpc) is 2.48. The maximum absolute atomic E-state index is 12.2. The first-order chi connectivity index (χ1) is 11.4. The van der Waals surface area contributed by atoms with Gasteiger partial charge in [-0.15, -0.1) is 0 Å². The van der Waals surface area contributed by atoms with E-state index in [1.807, 2.05) is 0 Å². The predicted octanol–water partition coefficient (Wildman–Crippen LogP) is 1.40. The molecule has 0 aliphatic rings. The molecule has 0 aliphatic carbocycles. The van der Waals surface area contributed by atoms with Gasteiger partial charge in [0.05, 0.1) is 17.7 Å². The fourth-order valence-electron chi connectivity index (χ4n) is 1.60. The Balaban J connectivity index is 4.93. The highest BCUT2D eigenvalue weighted by atomic mass is 16.6. The Hall–Kier alpha value is -2.25. The lowest BCUT2D eigenvalue weighted by atomic mass is 9.97. The molecular formula is C17H28N2O6. The molecule has 0 spiro atoms. The van der Waals surface area contributed by atoms with Gasteiger partial charge in [-0.25, -0.2) is 4.79 Å². The number of hydrogen-bond donors (Lipinski definition) is 2. The molecule has 0 aromatic rings. The molecule has 0 radical (unpaired) electrons. The summed E-state index contributed by atoms with van der Waals surface area (Å²) >= 11 is 0. The van der Waals surface area contributed by atoms with Gasteiger partial charge in [-0.1, -0.05) is 0 Å². The van der Waals surface area contributed by atoms with E-state index in [1.54, 1.807) is 34.6 Å². The predicted molar refractivity (Wildman–Crippen MR) is 91.2 cm³/mol. The summed E-state index contributed by atoms with van der Waals surface area (Å²) < 4.78 is 10.1. The Morgan fingerprint density at radius 1 is 1.08 bits per heavy atom. The van der Waals surface area contributed by atoms with Crippen LogP contribution in [0.5, 0.6) is 0 Å². The standard InChI is InChI=1S/C17H28N2O6/c1-10(2)24-15(22)13(8-7-12(20)9-18)19-14(21)11(3)25-16(23)17(4,5)6/h9-11,13,18H,7-8H2,1-6H3,(H,19,21)/t11-,13-/m0/s1. The number of Topliss-reactive ketones (excluding diaryl/α,β-unsaturated/α-hetero) is 1. The maximum atomic E-state index is 12.2. The van der Waals surface area contributed by atoms with Crippen LogP contribution in [0.15, 0.2) is 0 Å². The van der Waals surface area contributed by atoms with Crippen molar-refractivity contribution in [3.05, 3.63) is 0 Å². The van der Waals surface area contributed by atoms with Gasteiger partial charge in [0.25, 0.3) is 5.91 Å². The number of amides is 1. The van der Waals surface area contributed by atoms with Gasteiger partial charge in [0.2, 0.25) is 0 Å². The molecule has 0 saturated carbocycles. The molecule has 0 rings (SSSR count). The fourth-order valence-corrected chi connectivity index (χ4v) is 1.60. The molecule has 25 heavy (non-hydrogen) atoms. The number of carbonyl (C=O) groups is 4. The van der Waals surface area contributed by atoms with Gasteiger partial charge in [0.1, 0.15) is 6.04 Å². The first-order valence-electron chi connectivity index (χ1n) is 8.13. The van der Waals surface area contributed by atoms with Crippen molar-refractivity contribution >= 4 is 29.8 Å². The third-order valence-electron chi connectivity index (χ3n) is 3.06. The number of nitrogens with one attached hydrogen (secondary N) is 2. The smallest absolute Gasteiger partial charge is 0.328 e. The number of esters is 2. The largest absolute Gasteiger partial charge is 0.461 e. The molecule has 2 N–H and O–H groups in total. The lowest BCUT2D eigenvalue weighted by Crippen LogP contribution is -2.47. The van der Waals surface area contributed by atoms with Gasteiger partial charge in [-0.05, 0) is 48.0 Å². The zero-order valence-corrected chi connectivity index (χ0v) is 15.7. The zero-order chi connectivity index (χ0) is 19.8. The fraction of sp³-hybridized carbons (Fsp3) is 0.706.